The van der Waals surface area contributed by atoms with Gasteiger partial charge in [0, 0.05) is 17.5 Å². The number of rotatable bonds is 4. The van der Waals surface area contributed by atoms with Gasteiger partial charge in [0.15, 0.2) is 11.4 Å². The Morgan fingerprint density at radius 1 is 1.29 bits per heavy atom. The third kappa shape index (κ3) is 2.55. The van der Waals surface area contributed by atoms with E-state index in [1.165, 1.54) is 14.0 Å². The Kier molecular flexibility index (Phi) is 4.43. The third-order valence-corrected chi connectivity index (χ3v) is 6.39. The number of ether oxygens (including phenoxy) is 5. The minimum Gasteiger partial charge on any atom is -0.496 e. The molecule has 0 radical (unpaired) electrons. The first kappa shape index (κ1) is 18.9. The molecule has 4 atom stereocenters. The predicted octanol–water partition coefficient (Wildman–Crippen LogP) is 3.72. The van der Waals surface area contributed by atoms with E-state index < -0.39 is 17.9 Å². The van der Waals surface area contributed by atoms with Crippen molar-refractivity contribution in [1.29, 1.82) is 0 Å². The highest BCUT2D eigenvalue weighted by Crippen LogP contribution is 2.59. The highest BCUT2D eigenvalue weighted by molar-refractivity contribution is 6.00. The fourth-order valence-corrected chi connectivity index (χ4v) is 5.13. The molecule has 1 saturated carbocycles. The molecule has 152 valence electrons. The average molecular weight is 390 g/mol. The molecule has 1 aromatic rings. The van der Waals surface area contributed by atoms with E-state index in [0.29, 0.717) is 41.1 Å². The molecule has 7 heteroatoms. The van der Waals surface area contributed by atoms with E-state index in [-0.39, 0.29) is 18.3 Å². The zero-order chi connectivity index (χ0) is 20.2. The van der Waals surface area contributed by atoms with Gasteiger partial charge in [0.05, 0.1) is 14.2 Å². The number of Topliss-reactive ketones (excluding diaryl/α,β-unsaturated/α-hetero) is 1. The van der Waals surface area contributed by atoms with Gasteiger partial charge in [0.1, 0.15) is 35.5 Å². The van der Waals surface area contributed by atoms with Crippen LogP contribution in [-0.2, 0) is 9.47 Å². The van der Waals surface area contributed by atoms with Gasteiger partial charge in [0.2, 0.25) is 0 Å². The van der Waals surface area contributed by atoms with Crippen LogP contribution in [0.1, 0.15) is 55.5 Å². The smallest absolute Gasteiger partial charge is 0.496 e. The second-order valence-electron chi connectivity index (χ2n) is 8.17. The highest BCUT2D eigenvalue weighted by atomic mass is 16.8. The largest absolute Gasteiger partial charge is 0.509 e. The van der Waals surface area contributed by atoms with Gasteiger partial charge >= 0.3 is 6.16 Å². The van der Waals surface area contributed by atoms with E-state index in [0.717, 1.165) is 12.0 Å². The summed E-state index contributed by atoms with van der Waals surface area (Å²) >= 11 is 0. The number of fused-ring (bicyclic) bond motifs is 4. The summed E-state index contributed by atoms with van der Waals surface area (Å²) in [6.07, 6.45) is 0.490. The molecule has 2 heterocycles. The van der Waals surface area contributed by atoms with Crippen LogP contribution < -0.4 is 14.2 Å². The molecule has 2 aliphatic heterocycles. The first-order valence-electron chi connectivity index (χ1n) is 9.65. The molecule has 28 heavy (non-hydrogen) atoms. The number of carbonyl (C=O) groups is 2. The lowest BCUT2D eigenvalue weighted by Gasteiger charge is -2.44. The SMILES string of the molecule is COc1cc2c(c(OC)c1C(C)=O)[C@@H]1[C@@H](C(C)C)CC[C@]3(COC(=O)O3)[C@@H]1O2. The summed E-state index contributed by atoms with van der Waals surface area (Å²) in [6, 6.07) is 1.75. The summed E-state index contributed by atoms with van der Waals surface area (Å²) < 4.78 is 28.3. The third-order valence-electron chi connectivity index (χ3n) is 6.39. The monoisotopic (exact) mass is 390 g/mol. The number of ketones is 1. The maximum absolute atomic E-state index is 12.4. The summed E-state index contributed by atoms with van der Waals surface area (Å²) in [7, 11) is 3.07. The fraction of sp³-hybridized carbons (Fsp3) is 0.619. The summed E-state index contributed by atoms with van der Waals surface area (Å²) in [5.74, 6) is 1.98. The molecule has 0 bridgehead atoms. The van der Waals surface area contributed by atoms with Crippen molar-refractivity contribution in [2.75, 3.05) is 20.8 Å². The van der Waals surface area contributed by atoms with Gasteiger partial charge in [0.25, 0.3) is 0 Å². The summed E-state index contributed by atoms with van der Waals surface area (Å²) in [5, 5.41) is 0. The Hall–Kier alpha value is -2.44. The minimum atomic E-state index is -0.819. The van der Waals surface area contributed by atoms with Crippen LogP contribution in [-0.4, -0.2) is 44.5 Å². The lowest BCUT2D eigenvalue weighted by molar-refractivity contribution is -0.0841. The van der Waals surface area contributed by atoms with Crippen LogP contribution in [0.15, 0.2) is 6.07 Å². The van der Waals surface area contributed by atoms with Crippen LogP contribution >= 0.6 is 0 Å². The molecule has 3 aliphatic rings. The molecule has 1 saturated heterocycles. The first-order valence-corrected chi connectivity index (χ1v) is 9.65. The summed E-state index contributed by atoms with van der Waals surface area (Å²) in [5.41, 5.74) is 0.454. The van der Waals surface area contributed by atoms with E-state index in [2.05, 4.69) is 13.8 Å². The van der Waals surface area contributed by atoms with Crippen molar-refractivity contribution in [3.63, 3.8) is 0 Å². The maximum atomic E-state index is 12.4. The Labute approximate surface area is 164 Å². The first-order chi connectivity index (χ1) is 13.3. The normalized spacial score (nSPS) is 30.4. The van der Waals surface area contributed by atoms with Gasteiger partial charge in [-0.2, -0.15) is 0 Å². The number of methoxy groups -OCH3 is 2. The second kappa shape index (κ2) is 6.57. The van der Waals surface area contributed by atoms with Crippen LogP contribution in [0.5, 0.6) is 17.2 Å². The van der Waals surface area contributed by atoms with Crippen molar-refractivity contribution in [2.45, 2.75) is 51.2 Å². The zero-order valence-corrected chi connectivity index (χ0v) is 16.9. The highest BCUT2D eigenvalue weighted by Gasteiger charge is 2.62. The quantitative estimate of drug-likeness (QED) is 0.572. The van der Waals surface area contributed by atoms with Crippen molar-refractivity contribution in [1.82, 2.24) is 0 Å². The van der Waals surface area contributed by atoms with E-state index in [4.69, 9.17) is 23.7 Å². The van der Waals surface area contributed by atoms with Crippen LogP contribution in [0.25, 0.3) is 0 Å². The molecule has 0 N–H and O–H groups in total. The number of benzene rings is 1. The van der Waals surface area contributed by atoms with Crippen molar-refractivity contribution >= 4 is 11.9 Å². The molecular formula is C21H26O7. The molecule has 1 aromatic carbocycles. The van der Waals surface area contributed by atoms with Crippen molar-refractivity contribution in [3.05, 3.63) is 17.2 Å². The number of hydrogen-bond acceptors (Lipinski definition) is 7. The van der Waals surface area contributed by atoms with E-state index >= 15 is 0 Å². The van der Waals surface area contributed by atoms with Gasteiger partial charge in [-0.15, -0.1) is 0 Å². The van der Waals surface area contributed by atoms with Crippen molar-refractivity contribution in [3.8, 4) is 17.2 Å². The molecule has 1 aliphatic carbocycles. The summed E-state index contributed by atoms with van der Waals surface area (Å²) in [6.45, 7) is 6.02. The molecule has 0 amide bonds. The Morgan fingerprint density at radius 2 is 2.04 bits per heavy atom. The van der Waals surface area contributed by atoms with Crippen molar-refractivity contribution in [2.24, 2.45) is 11.8 Å². The number of hydrogen-bond donors (Lipinski definition) is 0. The number of cyclic esters (lactones) is 1. The second-order valence-corrected chi connectivity index (χ2v) is 8.17. The van der Waals surface area contributed by atoms with Crippen molar-refractivity contribution < 1.29 is 33.3 Å². The molecule has 2 fully saturated rings. The van der Waals surface area contributed by atoms with Gasteiger partial charge in [-0.05, 0) is 31.6 Å². The average Bonchev–Trinajstić information content (AvgIpc) is 3.22. The van der Waals surface area contributed by atoms with E-state index in [1.807, 2.05) is 0 Å². The standard InChI is InChI=1S/C21H26O7/c1-10(2)12-6-7-21(9-26-20(23)28-21)19-16(12)17-14(27-19)8-13(24-4)15(11(3)22)18(17)25-5/h8,10,12,16,19H,6-7,9H2,1-5H3/t12-,16+,19-,21+/m1/s1. The van der Waals surface area contributed by atoms with Crippen LogP contribution in [0.3, 0.4) is 0 Å². The van der Waals surface area contributed by atoms with Gasteiger partial charge in [-0.25, -0.2) is 4.79 Å². The molecule has 7 nitrogen and oxygen atoms in total. The topological polar surface area (TPSA) is 80.3 Å². The molecule has 4 rings (SSSR count). The minimum absolute atomic E-state index is 0.0720. The molecule has 0 unspecified atom stereocenters. The maximum Gasteiger partial charge on any atom is 0.509 e. The number of carbonyl (C=O) groups excluding carboxylic acids is 2. The van der Waals surface area contributed by atoms with E-state index in [1.54, 1.807) is 13.2 Å². The van der Waals surface area contributed by atoms with Crippen LogP contribution in [0.2, 0.25) is 0 Å². The Morgan fingerprint density at radius 3 is 2.57 bits per heavy atom. The molecular weight excluding hydrogens is 364 g/mol. The molecule has 1 spiro atoms. The fourth-order valence-electron chi connectivity index (χ4n) is 5.13. The van der Waals surface area contributed by atoms with Gasteiger partial charge < -0.3 is 23.7 Å². The predicted molar refractivity (Wildman–Crippen MR) is 99.4 cm³/mol. The summed E-state index contributed by atoms with van der Waals surface area (Å²) in [4.78, 5) is 24.2. The lowest BCUT2D eigenvalue weighted by Crippen LogP contribution is -2.54. The Balaban J connectivity index is 1.91. The molecule has 0 aromatic heterocycles. The van der Waals surface area contributed by atoms with Gasteiger partial charge in [-0.1, -0.05) is 13.8 Å². The van der Waals surface area contributed by atoms with Gasteiger partial charge in [-0.3, -0.25) is 4.79 Å². The van der Waals surface area contributed by atoms with Crippen LogP contribution in [0, 0.1) is 11.8 Å². The van der Waals surface area contributed by atoms with E-state index in [9.17, 15) is 9.59 Å². The van der Waals surface area contributed by atoms with Crippen LogP contribution in [0.4, 0.5) is 4.79 Å². The Bertz CT molecular complexity index is 831. The zero-order valence-electron chi connectivity index (χ0n) is 16.9. The lowest BCUT2D eigenvalue weighted by atomic mass is 9.64.